The lowest BCUT2D eigenvalue weighted by atomic mass is 10.2. The van der Waals surface area contributed by atoms with E-state index in [4.69, 9.17) is 22.5 Å². The van der Waals surface area contributed by atoms with Crippen molar-refractivity contribution in [3.05, 3.63) is 21.3 Å². The minimum absolute atomic E-state index is 0.0153. The molecule has 1 atom stereocenters. The van der Waals surface area contributed by atoms with Gasteiger partial charge in [0.15, 0.2) is 5.84 Å². The molecule has 88 valence electrons. The Hall–Kier alpha value is -1.27. The van der Waals surface area contributed by atoms with E-state index >= 15 is 0 Å². The van der Waals surface area contributed by atoms with Gasteiger partial charge in [0.2, 0.25) is 0 Å². The van der Waals surface area contributed by atoms with Crippen LogP contribution in [0.1, 0.15) is 16.6 Å². The molecule has 0 aliphatic rings. The molecule has 5 nitrogen and oxygen atoms in total. The van der Waals surface area contributed by atoms with Crippen molar-refractivity contribution in [1.29, 1.82) is 0 Å². The van der Waals surface area contributed by atoms with Crippen molar-refractivity contribution in [3.8, 4) is 0 Å². The summed E-state index contributed by atoms with van der Waals surface area (Å²) in [5.74, 6) is -0.227. The summed E-state index contributed by atoms with van der Waals surface area (Å²) in [6, 6.07) is 2.82. The van der Waals surface area contributed by atoms with Gasteiger partial charge < -0.3 is 15.8 Å². The number of likely N-dealkylation sites (N-methyl/N-ethyl adjacent to an activating group) is 1. The molecule has 1 amide bonds. The summed E-state index contributed by atoms with van der Waals surface area (Å²) in [5.41, 5.74) is 5.42. The van der Waals surface area contributed by atoms with Gasteiger partial charge in [0.1, 0.15) is 0 Å². The number of hydrogen-bond acceptors (Lipinski definition) is 4. The number of rotatable bonds is 3. The van der Waals surface area contributed by atoms with E-state index in [1.165, 1.54) is 16.2 Å². The number of halogens is 1. The number of hydrogen-bond donors (Lipinski definition) is 2. The van der Waals surface area contributed by atoms with E-state index in [-0.39, 0.29) is 11.7 Å². The molecule has 3 N–H and O–H groups in total. The van der Waals surface area contributed by atoms with E-state index in [2.05, 4.69) is 5.16 Å². The predicted molar refractivity (Wildman–Crippen MR) is 64.3 cm³/mol. The third kappa shape index (κ3) is 2.65. The number of nitrogens with zero attached hydrogens (tertiary/aromatic N) is 2. The van der Waals surface area contributed by atoms with Gasteiger partial charge in [0, 0.05) is 7.05 Å². The van der Waals surface area contributed by atoms with Crippen LogP contribution < -0.4 is 5.73 Å². The Labute approximate surface area is 102 Å². The maximum Gasteiger partial charge on any atom is 0.264 e. The Morgan fingerprint density at radius 2 is 2.31 bits per heavy atom. The fourth-order valence-electron chi connectivity index (χ4n) is 1.06. The minimum atomic E-state index is -0.474. The minimum Gasteiger partial charge on any atom is -0.409 e. The van der Waals surface area contributed by atoms with Crippen LogP contribution in [-0.2, 0) is 0 Å². The van der Waals surface area contributed by atoms with Crippen LogP contribution in [0.15, 0.2) is 17.3 Å². The number of thiophene rings is 1. The first-order valence-corrected chi connectivity index (χ1v) is 5.66. The Balaban J connectivity index is 2.82. The highest BCUT2D eigenvalue weighted by atomic mass is 35.5. The average Bonchev–Trinajstić information content (AvgIpc) is 2.71. The van der Waals surface area contributed by atoms with Crippen LogP contribution in [0.5, 0.6) is 0 Å². The fraction of sp³-hybridized carbons (Fsp3) is 0.333. The molecule has 1 aromatic heterocycles. The quantitative estimate of drug-likeness (QED) is 0.375. The molecule has 0 saturated carbocycles. The van der Waals surface area contributed by atoms with Gasteiger partial charge >= 0.3 is 0 Å². The fourth-order valence-corrected chi connectivity index (χ4v) is 2.09. The third-order valence-corrected chi connectivity index (χ3v) is 3.45. The van der Waals surface area contributed by atoms with Gasteiger partial charge in [-0.05, 0) is 19.1 Å². The highest BCUT2D eigenvalue weighted by Crippen LogP contribution is 2.22. The Kier molecular flexibility index (Phi) is 4.14. The molecule has 0 aliphatic heterocycles. The number of carbonyl (C=O) groups excluding carboxylic acids is 1. The number of nitrogens with two attached hydrogens (primary N) is 1. The Morgan fingerprint density at radius 1 is 1.69 bits per heavy atom. The molecule has 0 bridgehead atoms. The second-order valence-electron chi connectivity index (χ2n) is 3.22. The van der Waals surface area contributed by atoms with Crippen LogP contribution in [0.2, 0.25) is 4.34 Å². The molecular weight excluding hydrogens is 250 g/mol. The first kappa shape index (κ1) is 12.8. The van der Waals surface area contributed by atoms with E-state index in [1.807, 2.05) is 0 Å². The van der Waals surface area contributed by atoms with Crippen LogP contribution in [0, 0.1) is 0 Å². The van der Waals surface area contributed by atoms with Crippen molar-refractivity contribution < 1.29 is 10.0 Å². The van der Waals surface area contributed by atoms with Gasteiger partial charge in [-0.25, -0.2) is 0 Å². The summed E-state index contributed by atoms with van der Waals surface area (Å²) in [6.45, 7) is 1.67. The van der Waals surface area contributed by atoms with Gasteiger partial charge in [-0.3, -0.25) is 4.79 Å². The lowest BCUT2D eigenvalue weighted by Gasteiger charge is -2.22. The zero-order chi connectivity index (χ0) is 12.3. The van der Waals surface area contributed by atoms with Gasteiger partial charge in [-0.2, -0.15) is 0 Å². The smallest absolute Gasteiger partial charge is 0.264 e. The normalized spacial score (nSPS) is 13.6. The van der Waals surface area contributed by atoms with Crippen molar-refractivity contribution in [2.45, 2.75) is 13.0 Å². The molecule has 16 heavy (non-hydrogen) atoms. The van der Waals surface area contributed by atoms with E-state index in [9.17, 15) is 4.79 Å². The van der Waals surface area contributed by atoms with E-state index in [0.717, 1.165) is 0 Å². The van der Waals surface area contributed by atoms with Crippen molar-refractivity contribution in [2.24, 2.45) is 10.9 Å². The zero-order valence-corrected chi connectivity index (χ0v) is 10.4. The van der Waals surface area contributed by atoms with Gasteiger partial charge in [-0.1, -0.05) is 16.8 Å². The predicted octanol–water partition coefficient (Wildman–Crippen LogP) is 1.61. The monoisotopic (exact) mass is 261 g/mol. The molecule has 0 aromatic carbocycles. The van der Waals surface area contributed by atoms with Gasteiger partial charge in [0.05, 0.1) is 15.3 Å². The molecule has 1 heterocycles. The summed E-state index contributed by atoms with van der Waals surface area (Å²) < 4.78 is 0.549. The lowest BCUT2D eigenvalue weighted by molar-refractivity contribution is 0.0781. The Morgan fingerprint density at radius 3 is 2.75 bits per heavy atom. The maximum atomic E-state index is 11.9. The number of amides is 1. The number of carbonyl (C=O) groups is 1. The molecule has 0 fully saturated rings. The summed E-state index contributed by atoms with van der Waals surface area (Å²) in [6.07, 6.45) is 0. The lowest BCUT2D eigenvalue weighted by Crippen LogP contribution is -2.43. The first-order valence-electron chi connectivity index (χ1n) is 4.47. The molecule has 1 unspecified atom stereocenters. The molecular formula is C9H12ClN3O2S. The highest BCUT2D eigenvalue weighted by molar-refractivity contribution is 7.17. The average molecular weight is 262 g/mol. The molecule has 0 aliphatic carbocycles. The van der Waals surface area contributed by atoms with Gasteiger partial charge in [0.25, 0.3) is 5.91 Å². The van der Waals surface area contributed by atoms with E-state index in [0.29, 0.717) is 9.21 Å². The summed E-state index contributed by atoms with van der Waals surface area (Å²) in [5, 5.41) is 11.4. The molecule has 0 radical (unpaired) electrons. The van der Waals surface area contributed by atoms with E-state index in [1.54, 1.807) is 26.1 Å². The molecule has 0 spiro atoms. The van der Waals surface area contributed by atoms with Crippen LogP contribution in [0.25, 0.3) is 0 Å². The largest absolute Gasteiger partial charge is 0.409 e. The molecule has 1 aromatic rings. The number of oxime groups is 1. The van der Waals surface area contributed by atoms with E-state index < -0.39 is 6.04 Å². The second kappa shape index (κ2) is 5.18. The van der Waals surface area contributed by atoms with Gasteiger partial charge in [-0.15, -0.1) is 11.3 Å². The summed E-state index contributed by atoms with van der Waals surface area (Å²) in [4.78, 5) is 13.8. The zero-order valence-electron chi connectivity index (χ0n) is 8.85. The van der Waals surface area contributed by atoms with Crippen LogP contribution >= 0.6 is 22.9 Å². The topological polar surface area (TPSA) is 78.9 Å². The maximum absolute atomic E-state index is 11.9. The SMILES string of the molecule is CC(C(N)=NO)N(C)C(=O)c1ccc(Cl)s1. The molecule has 7 heteroatoms. The van der Waals surface area contributed by atoms with Crippen LogP contribution in [0.4, 0.5) is 0 Å². The molecule has 1 rings (SSSR count). The standard InChI is InChI=1S/C9H12ClN3O2S/c1-5(8(11)12-15)13(2)9(14)6-3-4-7(10)16-6/h3-5,15H,1-2H3,(H2,11,12). The summed E-state index contributed by atoms with van der Waals surface area (Å²) >= 11 is 6.93. The van der Waals surface area contributed by atoms with Crippen molar-refractivity contribution in [1.82, 2.24) is 4.90 Å². The van der Waals surface area contributed by atoms with Crippen molar-refractivity contribution in [3.63, 3.8) is 0 Å². The third-order valence-electron chi connectivity index (χ3n) is 2.23. The number of amidine groups is 1. The molecule has 0 saturated heterocycles. The van der Waals surface area contributed by atoms with Crippen molar-refractivity contribution >= 4 is 34.7 Å². The second-order valence-corrected chi connectivity index (χ2v) is 4.94. The highest BCUT2D eigenvalue weighted by Gasteiger charge is 2.21. The Bertz CT molecular complexity index is 419. The van der Waals surface area contributed by atoms with Crippen molar-refractivity contribution in [2.75, 3.05) is 7.05 Å². The summed E-state index contributed by atoms with van der Waals surface area (Å²) in [7, 11) is 1.58. The van der Waals surface area contributed by atoms with Crippen LogP contribution in [0.3, 0.4) is 0 Å². The first-order chi connectivity index (χ1) is 7.47. The van der Waals surface area contributed by atoms with Crippen LogP contribution in [-0.4, -0.2) is 34.9 Å².